The van der Waals surface area contributed by atoms with Gasteiger partial charge in [0.15, 0.2) is 18.1 Å². The molecular formula is C17H15ClN3O5-. The van der Waals surface area contributed by atoms with Gasteiger partial charge in [0.2, 0.25) is 0 Å². The zero-order valence-electron chi connectivity index (χ0n) is 13.7. The fourth-order valence-corrected chi connectivity index (χ4v) is 2.16. The summed E-state index contributed by atoms with van der Waals surface area (Å²) in [5.74, 6) is -1.22. The van der Waals surface area contributed by atoms with E-state index in [9.17, 15) is 14.7 Å². The number of anilines is 1. The number of carboxylic acids is 1. The van der Waals surface area contributed by atoms with Gasteiger partial charge in [0.25, 0.3) is 5.91 Å². The van der Waals surface area contributed by atoms with E-state index in [0.29, 0.717) is 22.7 Å². The van der Waals surface area contributed by atoms with Crippen molar-refractivity contribution in [1.29, 1.82) is 0 Å². The van der Waals surface area contributed by atoms with Crippen LogP contribution in [-0.2, 0) is 4.79 Å². The third-order valence-electron chi connectivity index (χ3n) is 3.15. The number of hydrogen-bond acceptors (Lipinski definition) is 7. The van der Waals surface area contributed by atoms with E-state index in [4.69, 9.17) is 26.8 Å². The zero-order chi connectivity index (χ0) is 19.1. The van der Waals surface area contributed by atoms with Crippen molar-refractivity contribution in [3.63, 3.8) is 0 Å². The Morgan fingerprint density at radius 2 is 2.04 bits per heavy atom. The fourth-order valence-electron chi connectivity index (χ4n) is 1.97. The van der Waals surface area contributed by atoms with Gasteiger partial charge in [-0.15, -0.1) is 0 Å². The van der Waals surface area contributed by atoms with Crippen LogP contribution in [0, 0.1) is 0 Å². The second-order valence-electron chi connectivity index (χ2n) is 5.02. The number of benzene rings is 2. The number of carbonyl (C=O) groups is 2. The van der Waals surface area contributed by atoms with Crippen LogP contribution in [0.3, 0.4) is 0 Å². The van der Waals surface area contributed by atoms with Crippen molar-refractivity contribution in [2.75, 3.05) is 19.1 Å². The molecule has 2 aromatic rings. The molecule has 26 heavy (non-hydrogen) atoms. The van der Waals surface area contributed by atoms with E-state index in [1.807, 2.05) is 0 Å². The molecule has 0 saturated heterocycles. The predicted molar refractivity (Wildman–Crippen MR) is 94.7 cm³/mol. The summed E-state index contributed by atoms with van der Waals surface area (Å²) in [4.78, 5) is 21.8. The fraction of sp³-hybridized carbons (Fsp3) is 0.118. The number of carboxylic acid groups (broad SMARTS) is 1. The number of hydrazone groups is 1. The molecule has 0 heterocycles. The lowest BCUT2D eigenvalue weighted by Crippen LogP contribution is -2.22. The number of primary amides is 1. The first-order chi connectivity index (χ1) is 12.4. The molecule has 2 rings (SSSR count). The average molecular weight is 377 g/mol. The Kier molecular flexibility index (Phi) is 6.40. The summed E-state index contributed by atoms with van der Waals surface area (Å²) in [6.07, 6.45) is 1.48. The van der Waals surface area contributed by atoms with Crippen LogP contribution in [0.4, 0.5) is 5.69 Å². The number of aromatic carboxylic acids is 1. The van der Waals surface area contributed by atoms with Crippen LogP contribution in [0.2, 0.25) is 5.02 Å². The number of hydrogen-bond donors (Lipinski definition) is 2. The third-order valence-corrected chi connectivity index (χ3v) is 3.48. The predicted octanol–water partition coefficient (Wildman–Crippen LogP) is 1.02. The lowest BCUT2D eigenvalue weighted by atomic mass is 10.2. The summed E-state index contributed by atoms with van der Waals surface area (Å²) < 4.78 is 10.4. The highest BCUT2D eigenvalue weighted by Crippen LogP contribution is 2.27. The maximum absolute atomic E-state index is 11.0. The van der Waals surface area contributed by atoms with Crippen LogP contribution >= 0.6 is 11.6 Å². The maximum Gasteiger partial charge on any atom is 0.255 e. The number of ether oxygens (including phenoxy) is 2. The summed E-state index contributed by atoms with van der Waals surface area (Å²) in [6.45, 7) is -0.286. The molecule has 0 bridgehead atoms. The molecule has 0 aromatic heterocycles. The molecule has 9 heteroatoms. The van der Waals surface area contributed by atoms with Crippen LogP contribution in [0.5, 0.6) is 11.5 Å². The van der Waals surface area contributed by atoms with Gasteiger partial charge < -0.3 is 25.1 Å². The van der Waals surface area contributed by atoms with Gasteiger partial charge in [-0.25, -0.2) is 0 Å². The summed E-state index contributed by atoms with van der Waals surface area (Å²) in [5.41, 5.74) is 8.67. The third kappa shape index (κ3) is 5.12. The van der Waals surface area contributed by atoms with Crippen LogP contribution in [0.1, 0.15) is 15.9 Å². The van der Waals surface area contributed by atoms with Gasteiger partial charge in [0.05, 0.1) is 25.0 Å². The monoisotopic (exact) mass is 376 g/mol. The first kappa shape index (κ1) is 19.1. The molecule has 2 aromatic carbocycles. The SMILES string of the molecule is COc1ccc(/C=N\Nc2ccc(Cl)c(C(=O)[O-])c2)cc1OCC(N)=O. The van der Waals surface area contributed by atoms with Gasteiger partial charge in [0.1, 0.15) is 0 Å². The molecule has 0 radical (unpaired) electrons. The summed E-state index contributed by atoms with van der Waals surface area (Å²) in [5, 5.41) is 15.0. The number of rotatable bonds is 8. The number of nitrogens with one attached hydrogen (secondary N) is 1. The van der Waals surface area contributed by atoms with Crippen LogP contribution < -0.4 is 25.7 Å². The Bertz CT molecular complexity index is 854. The number of carbonyl (C=O) groups excluding carboxylic acids is 2. The van der Waals surface area contributed by atoms with E-state index in [2.05, 4.69) is 10.5 Å². The van der Waals surface area contributed by atoms with Crippen LogP contribution in [-0.4, -0.2) is 31.8 Å². The Morgan fingerprint density at radius 1 is 1.27 bits per heavy atom. The van der Waals surface area contributed by atoms with Crippen molar-refractivity contribution < 1.29 is 24.2 Å². The van der Waals surface area contributed by atoms with E-state index >= 15 is 0 Å². The molecule has 0 saturated carbocycles. The Balaban J connectivity index is 2.12. The number of nitrogens with two attached hydrogens (primary N) is 1. The zero-order valence-corrected chi connectivity index (χ0v) is 14.4. The van der Waals surface area contributed by atoms with Crippen LogP contribution in [0.15, 0.2) is 41.5 Å². The molecule has 0 aliphatic carbocycles. The van der Waals surface area contributed by atoms with Crippen molar-refractivity contribution in [2.24, 2.45) is 10.8 Å². The van der Waals surface area contributed by atoms with E-state index in [1.54, 1.807) is 24.3 Å². The highest BCUT2D eigenvalue weighted by atomic mass is 35.5. The largest absolute Gasteiger partial charge is 0.545 e. The second kappa shape index (κ2) is 8.72. The summed E-state index contributed by atoms with van der Waals surface area (Å²) in [7, 11) is 1.47. The summed E-state index contributed by atoms with van der Waals surface area (Å²) in [6, 6.07) is 9.28. The smallest absolute Gasteiger partial charge is 0.255 e. The Labute approximate surface area is 154 Å². The number of halogens is 1. The molecule has 0 aliphatic rings. The van der Waals surface area contributed by atoms with E-state index in [-0.39, 0.29) is 17.2 Å². The Morgan fingerprint density at radius 3 is 2.69 bits per heavy atom. The van der Waals surface area contributed by atoms with E-state index in [0.717, 1.165) is 0 Å². The van der Waals surface area contributed by atoms with Gasteiger partial charge in [-0.1, -0.05) is 11.6 Å². The van der Waals surface area contributed by atoms with Crippen molar-refractivity contribution in [3.8, 4) is 11.5 Å². The summed E-state index contributed by atoms with van der Waals surface area (Å²) >= 11 is 5.77. The number of amides is 1. The van der Waals surface area contributed by atoms with Gasteiger partial charge in [-0.3, -0.25) is 10.2 Å². The highest BCUT2D eigenvalue weighted by Gasteiger charge is 2.07. The highest BCUT2D eigenvalue weighted by molar-refractivity contribution is 6.33. The molecule has 0 atom stereocenters. The van der Waals surface area contributed by atoms with E-state index in [1.165, 1.54) is 25.5 Å². The first-order valence-electron chi connectivity index (χ1n) is 7.30. The van der Waals surface area contributed by atoms with Gasteiger partial charge in [-0.05, 0) is 42.0 Å². The van der Waals surface area contributed by atoms with Crippen molar-refractivity contribution >= 4 is 35.4 Å². The minimum atomic E-state index is -1.38. The average Bonchev–Trinajstić information content (AvgIpc) is 2.61. The maximum atomic E-state index is 11.0. The first-order valence-corrected chi connectivity index (χ1v) is 7.67. The standard InChI is InChI=1S/C17H16ClN3O5/c1-25-14-5-2-10(6-15(14)26-9-16(19)22)8-20-21-11-3-4-13(18)12(7-11)17(23)24/h2-8,21H,9H2,1H3,(H2,19,22)(H,23,24)/p-1/b20-8-. The number of methoxy groups -OCH3 is 1. The lowest BCUT2D eigenvalue weighted by Gasteiger charge is -2.10. The molecule has 0 spiro atoms. The van der Waals surface area contributed by atoms with Crippen molar-refractivity contribution in [2.45, 2.75) is 0 Å². The minimum Gasteiger partial charge on any atom is -0.545 e. The molecule has 3 N–H and O–H groups in total. The van der Waals surface area contributed by atoms with Crippen molar-refractivity contribution in [1.82, 2.24) is 0 Å². The molecule has 8 nitrogen and oxygen atoms in total. The quantitative estimate of drug-likeness (QED) is 0.523. The topological polar surface area (TPSA) is 126 Å². The molecular weight excluding hydrogens is 362 g/mol. The van der Waals surface area contributed by atoms with Gasteiger partial charge in [0, 0.05) is 10.6 Å². The minimum absolute atomic E-state index is 0.0749. The van der Waals surface area contributed by atoms with Crippen LogP contribution in [0.25, 0.3) is 0 Å². The number of nitrogens with zero attached hydrogens (tertiary/aromatic N) is 1. The molecule has 0 fully saturated rings. The van der Waals surface area contributed by atoms with E-state index < -0.39 is 11.9 Å². The lowest BCUT2D eigenvalue weighted by molar-refractivity contribution is -0.255. The van der Waals surface area contributed by atoms with Gasteiger partial charge in [-0.2, -0.15) is 5.10 Å². The Hall–Kier alpha value is -3.26. The molecule has 1 amide bonds. The molecule has 0 unspecified atom stereocenters. The normalized spacial score (nSPS) is 10.5. The van der Waals surface area contributed by atoms with Gasteiger partial charge >= 0.3 is 0 Å². The molecule has 0 aliphatic heterocycles. The molecule has 136 valence electrons. The van der Waals surface area contributed by atoms with Crippen molar-refractivity contribution in [3.05, 3.63) is 52.5 Å². The second-order valence-corrected chi connectivity index (χ2v) is 5.42.